The third-order valence-corrected chi connectivity index (χ3v) is 10.4. The molecule has 3 aliphatic rings. The van der Waals surface area contributed by atoms with Gasteiger partial charge < -0.3 is 19.4 Å². The molecule has 0 bridgehead atoms. The molecule has 1 amide bonds. The van der Waals surface area contributed by atoms with Gasteiger partial charge in [0.25, 0.3) is 0 Å². The van der Waals surface area contributed by atoms with Gasteiger partial charge in [0, 0.05) is 53.8 Å². The summed E-state index contributed by atoms with van der Waals surface area (Å²) >= 11 is 0. The number of H-pyrrole nitrogens is 1. The molecule has 252 valence electrons. The second kappa shape index (κ2) is 12.2. The number of anilines is 1. The number of carbonyl (C=O) groups excluding carboxylic acids is 1. The number of nitrogens with one attached hydrogen (secondary N) is 1. The van der Waals surface area contributed by atoms with Crippen LogP contribution in [-0.4, -0.2) is 95.0 Å². The highest BCUT2D eigenvalue weighted by Crippen LogP contribution is 2.49. The Kier molecular flexibility index (Phi) is 8.17. The number of carbonyl (C=O) groups is 1. The number of amides is 1. The molecule has 2 aromatic heterocycles. The monoisotopic (exact) mass is 659 g/mol. The van der Waals surface area contributed by atoms with E-state index < -0.39 is 12.8 Å². The van der Waals surface area contributed by atoms with E-state index in [-0.39, 0.29) is 23.0 Å². The first-order valence-corrected chi connectivity index (χ1v) is 16.5. The molecule has 48 heavy (non-hydrogen) atoms. The highest BCUT2D eigenvalue weighted by Gasteiger charge is 2.46. The number of ether oxygens (including phenoxy) is 1. The van der Waals surface area contributed by atoms with Crippen molar-refractivity contribution in [2.24, 2.45) is 5.41 Å². The Morgan fingerprint density at radius 2 is 1.81 bits per heavy atom. The first kappa shape index (κ1) is 32.1. The van der Waals surface area contributed by atoms with Gasteiger partial charge in [-0.15, -0.1) is 0 Å². The Morgan fingerprint density at radius 1 is 1.08 bits per heavy atom. The van der Waals surface area contributed by atoms with Gasteiger partial charge in [0.15, 0.2) is 12.4 Å². The maximum atomic E-state index is 13.9. The fourth-order valence-corrected chi connectivity index (χ4v) is 7.68. The van der Waals surface area contributed by atoms with Crippen LogP contribution in [0.3, 0.4) is 0 Å². The molecule has 0 atom stereocenters. The van der Waals surface area contributed by atoms with Crippen molar-refractivity contribution in [1.82, 2.24) is 30.0 Å². The smallest absolute Gasteiger partial charge is 0.422 e. The molecule has 0 aliphatic carbocycles. The lowest BCUT2D eigenvalue weighted by molar-refractivity contribution is -0.153. The quantitative estimate of drug-likeness (QED) is 0.227. The summed E-state index contributed by atoms with van der Waals surface area (Å²) in [6.45, 7) is 12.7. The van der Waals surface area contributed by atoms with Crippen molar-refractivity contribution in [3.63, 3.8) is 0 Å². The largest absolute Gasteiger partial charge is 0.481 e. The van der Waals surface area contributed by atoms with Crippen LogP contribution in [0.25, 0.3) is 39.0 Å². The predicted molar refractivity (Wildman–Crippen MR) is 181 cm³/mol. The van der Waals surface area contributed by atoms with Gasteiger partial charge in [-0.05, 0) is 87.6 Å². The van der Waals surface area contributed by atoms with E-state index in [1.165, 1.54) is 6.08 Å². The number of aryl methyl sites for hydroxylation is 1. The number of aromatic amines is 1. The third kappa shape index (κ3) is 5.80. The first-order valence-electron chi connectivity index (χ1n) is 16.5. The van der Waals surface area contributed by atoms with E-state index in [0.717, 1.165) is 73.9 Å². The SMILES string of the molecule is C=CC(=O)N1CCC2(CC1)CN(c1nc(C3CCN(C)CC3)nc3c(OCC(F)(F)F)c(-c4c(C)ccc5[nH]ncc45)c(C=C)cc13)C2. The minimum Gasteiger partial charge on any atom is -0.481 e. The maximum Gasteiger partial charge on any atom is 0.422 e. The fourth-order valence-electron chi connectivity index (χ4n) is 7.68. The highest BCUT2D eigenvalue weighted by atomic mass is 19.4. The molecule has 4 aromatic rings. The first-order chi connectivity index (χ1) is 23.0. The zero-order valence-corrected chi connectivity index (χ0v) is 27.4. The number of likely N-dealkylation sites (tertiary alicyclic amines) is 2. The van der Waals surface area contributed by atoms with Gasteiger partial charge in [-0.1, -0.05) is 25.3 Å². The Morgan fingerprint density at radius 3 is 2.48 bits per heavy atom. The maximum absolute atomic E-state index is 13.9. The number of fused-ring (bicyclic) bond motifs is 2. The summed E-state index contributed by atoms with van der Waals surface area (Å²) in [6.07, 6.45) is 3.57. The van der Waals surface area contributed by atoms with Crippen molar-refractivity contribution in [3.05, 3.63) is 60.6 Å². The second-order valence-corrected chi connectivity index (χ2v) is 13.6. The molecule has 0 unspecified atom stereocenters. The van der Waals surface area contributed by atoms with Crippen LogP contribution in [0, 0.1) is 12.3 Å². The molecule has 7 rings (SSSR count). The molecule has 9 nitrogen and oxygen atoms in total. The summed E-state index contributed by atoms with van der Waals surface area (Å²) in [6, 6.07) is 5.77. The van der Waals surface area contributed by atoms with Crippen LogP contribution < -0.4 is 9.64 Å². The minimum absolute atomic E-state index is 0.0355. The molecule has 0 saturated carbocycles. The summed E-state index contributed by atoms with van der Waals surface area (Å²) in [5.74, 6) is 1.41. The van der Waals surface area contributed by atoms with Crippen LogP contribution in [0.2, 0.25) is 0 Å². The summed E-state index contributed by atoms with van der Waals surface area (Å²) in [5, 5.41) is 8.61. The summed E-state index contributed by atoms with van der Waals surface area (Å²) < 4.78 is 47.5. The Labute approximate surface area is 277 Å². The molecule has 12 heteroatoms. The molecular weight excluding hydrogens is 619 g/mol. The molecule has 0 radical (unpaired) electrons. The number of rotatable bonds is 7. The molecular formula is C36H40F3N7O2. The number of alkyl halides is 3. The normalized spacial score (nSPS) is 18.8. The van der Waals surface area contributed by atoms with Gasteiger partial charge >= 0.3 is 6.18 Å². The Balaban J connectivity index is 1.40. The van der Waals surface area contributed by atoms with Crippen LogP contribution in [0.15, 0.2) is 43.6 Å². The third-order valence-electron chi connectivity index (χ3n) is 10.4. The van der Waals surface area contributed by atoms with E-state index >= 15 is 0 Å². The summed E-state index contributed by atoms with van der Waals surface area (Å²) in [4.78, 5) is 28.8. The van der Waals surface area contributed by atoms with Crippen LogP contribution in [0.1, 0.15) is 48.6 Å². The highest BCUT2D eigenvalue weighted by molar-refractivity contribution is 6.07. The van der Waals surface area contributed by atoms with E-state index in [1.54, 1.807) is 12.3 Å². The van der Waals surface area contributed by atoms with Crippen molar-refractivity contribution >= 4 is 39.6 Å². The van der Waals surface area contributed by atoms with Crippen LogP contribution in [0.5, 0.6) is 5.75 Å². The lowest BCUT2D eigenvalue weighted by Gasteiger charge is -2.54. The zero-order valence-electron chi connectivity index (χ0n) is 27.4. The van der Waals surface area contributed by atoms with E-state index in [0.29, 0.717) is 46.8 Å². The standard InChI is InChI=1S/C36H40F3N7O2/c1-5-23-17-25-31(32(48-21-36(37,38)39)30(23)29-22(3)7-8-27-26(29)18-40-43-27)41-33(24-9-13-44(4)14-10-24)42-34(25)46-19-35(20-46)11-15-45(16-12-35)28(47)6-2/h5-8,17-18,24H,1-2,9-16,19-21H2,3-4H3,(H,40,43). The van der Waals surface area contributed by atoms with Gasteiger partial charge in [-0.3, -0.25) is 9.89 Å². The van der Waals surface area contributed by atoms with Crippen LogP contribution >= 0.6 is 0 Å². The molecule has 3 saturated heterocycles. The van der Waals surface area contributed by atoms with E-state index in [1.807, 2.05) is 30.0 Å². The average molecular weight is 660 g/mol. The number of aromatic nitrogens is 4. The van der Waals surface area contributed by atoms with E-state index in [9.17, 15) is 18.0 Å². The average Bonchev–Trinajstić information content (AvgIpc) is 3.54. The molecule has 1 spiro atoms. The lowest BCUT2D eigenvalue weighted by Crippen LogP contribution is -2.61. The number of hydrogen-bond donors (Lipinski definition) is 1. The predicted octanol–water partition coefficient (Wildman–Crippen LogP) is 6.49. The van der Waals surface area contributed by atoms with Gasteiger partial charge in [0.05, 0.1) is 11.7 Å². The number of hydrogen-bond acceptors (Lipinski definition) is 7. The van der Waals surface area contributed by atoms with Crippen molar-refractivity contribution in [2.45, 2.75) is 44.7 Å². The lowest BCUT2D eigenvalue weighted by atomic mass is 9.72. The molecule has 1 N–H and O–H groups in total. The van der Waals surface area contributed by atoms with Crippen molar-refractivity contribution in [2.75, 3.05) is 57.8 Å². The van der Waals surface area contributed by atoms with Gasteiger partial charge in [0.1, 0.15) is 17.2 Å². The molecule has 3 fully saturated rings. The fraction of sp³-hybridized carbons (Fsp3) is 0.444. The minimum atomic E-state index is -4.57. The van der Waals surface area contributed by atoms with Crippen molar-refractivity contribution in [3.8, 4) is 16.9 Å². The number of halogens is 3. The van der Waals surface area contributed by atoms with Crippen molar-refractivity contribution in [1.29, 1.82) is 0 Å². The van der Waals surface area contributed by atoms with Crippen LogP contribution in [0.4, 0.5) is 19.0 Å². The van der Waals surface area contributed by atoms with E-state index in [2.05, 4.69) is 40.2 Å². The summed E-state index contributed by atoms with van der Waals surface area (Å²) in [5.41, 5.74) is 3.87. The molecule has 2 aromatic carbocycles. The van der Waals surface area contributed by atoms with Crippen LogP contribution in [-0.2, 0) is 4.79 Å². The second-order valence-electron chi connectivity index (χ2n) is 13.6. The Bertz CT molecular complexity index is 1900. The van der Waals surface area contributed by atoms with Gasteiger partial charge in [-0.25, -0.2) is 9.97 Å². The number of benzene rings is 2. The van der Waals surface area contributed by atoms with Gasteiger partial charge in [-0.2, -0.15) is 18.3 Å². The topological polar surface area (TPSA) is 90.5 Å². The number of nitrogens with zero attached hydrogens (tertiary/aromatic N) is 6. The van der Waals surface area contributed by atoms with Crippen molar-refractivity contribution < 1.29 is 22.7 Å². The molecule has 5 heterocycles. The van der Waals surface area contributed by atoms with E-state index in [4.69, 9.17) is 14.7 Å². The van der Waals surface area contributed by atoms with Gasteiger partial charge in [0.2, 0.25) is 5.91 Å². The zero-order chi connectivity index (χ0) is 33.8. The molecule has 3 aliphatic heterocycles. The Hall–Kier alpha value is -4.45. The summed E-state index contributed by atoms with van der Waals surface area (Å²) in [7, 11) is 2.08. The number of piperidine rings is 2.